The van der Waals surface area contributed by atoms with E-state index in [0.29, 0.717) is 17.2 Å². The van der Waals surface area contributed by atoms with Crippen molar-refractivity contribution in [2.45, 2.75) is 26.3 Å². The number of thiophene rings is 1. The molecule has 0 bridgehead atoms. The number of hydrogen-bond donors (Lipinski definition) is 1. The predicted molar refractivity (Wildman–Crippen MR) is 85.7 cm³/mol. The van der Waals surface area contributed by atoms with Gasteiger partial charge in [0.2, 0.25) is 5.28 Å². The highest BCUT2D eigenvalue weighted by Gasteiger charge is 2.24. The number of rotatable bonds is 4. The fourth-order valence-electron chi connectivity index (χ4n) is 2.70. The molecule has 3 rings (SSSR count). The number of nitrogens with zero attached hydrogens (tertiary/aromatic N) is 3. The molecule has 0 radical (unpaired) electrons. The second-order valence-corrected chi connectivity index (χ2v) is 6.84. The molecule has 6 heteroatoms. The van der Waals surface area contributed by atoms with E-state index < -0.39 is 0 Å². The van der Waals surface area contributed by atoms with Gasteiger partial charge < -0.3 is 10.2 Å². The molecule has 0 aromatic carbocycles. The average Bonchev–Trinajstić information content (AvgIpc) is 3.04. The Balaban J connectivity index is 1.67. The van der Waals surface area contributed by atoms with E-state index in [1.165, 1.54) is 13.0 Å². The van der Waals surface area contributed by atoms with Crippen LogP contribution in [0.3, 0.4) is 0 Å². The van der Waals surface area contributed by atoms with Crippen molar-refractivity contribution in [2.24, 2.45) is 5.92 Å². The topological polar surface area (TPSA) is 41.0 Å². The van der Waals surface area contributed by atoms with Crippen molar-refractivity contribution in [1.82, 2.24) is 14.9 Å². The zero-order valence-electron chi connectivity index (χ0n) is 11.8. The van der Waals surface area contributed by atoms with E-state index in [4.69, 9.17) is 11.6 Å². The molecule has 2 aromatic rings. The summed E-state index contributed by atoms with van der Waals surface area (Å²) in [5.74, 6) is 1.55. The molecule has 2 aromatic heterocycles. The smallest absolute Gasteiger partial charge is 0.225 e. The fourth-order valence-corrected chi connectivity index (χ4v) is 3.69. The van der Waals surface area contributed by atoms with Gasteiger partial charge in [-0.2, -0.15) is 0 Å². The summed E-state index contributed by atoms with van der Waals surface area (Å²) in [6.07, 6.45) is 1.25. The van der Waals surface area contributed by atoms with Crippen LogP contribution in [0, 0.1) is 5.92 Å². The molecule has 0 spiro atoms. The van der Waals surface area contributed by atoms with Crippen molar-refractivity contribution in [3.63, 3.8) is 0 Å². The molecule has 0 aliphatic carbocycles. The molecule has 4 nitrogen and oxygen atoms in total. The van der Waals surface area contributed by atoms with Gasteiger partial charge in [-0.3, -0.25) is 0 Å². The molecule has 1 fully saturated rings. The summed E-state index contributed by atoms with van der Waals surface area (Å²) < 4.78 is 0. The number of halogens is 1. The van der Waals surface area contributed by atoms with Crippen molar-refractivity contribution in [3.8, 4) is 0 Å². The highest BCUT2D eigenvalue weighted by Crippen LogP contribution is 2.27. The molecule has 3 heterocycles. The average molecular weight is 311 g/mol. The van der Waals surface area contributed by atoms with E-state index in [9.17, 15) is 0 Å². The summed E-state index contributed by atoms with van der Waals surface area (Å²) in [5.41, 5.74) is 0. The van der Waals surface area contributed by atoms with Crippen molar-refractivity contribution in [3.05, 3.63) is 16.7 Å². The number of hydrogen-bond acceptors (Lipinski definition) is 5. The zero-order chi connectivity index (χ0) is 14.1. The van der Waals surface area contributed by atoms with Crippen LogP contribution in [0.5, 0.6) is 0 Å². The van der Waals surface area contributed by atoms with Crippen LogP contribution in [0.2, 0.25) is 5.28 Å². The number of anilines is 1. The fraction of sp³-hybridized carbons (Fsp3) is 0.571. The van der Waals surface area contributed by atoms with E-state index in [-0.39, 0.29) is 0 Å². The van der Waals surface area contributed by atoms with E-state index in [1.54, 1.807) is 11.3 Å². The Kier molecular flexibility index (Phi) is 4.10. The summed E-state index contributed by atoms with van der Waals surface area (Å²) in [5, 5.41) is 6.87. The van der Waals surface area contributed by atoms with Gasteiger partial charge >= 0.3 is 0 Å². The molecule has 1 unspecified atom stereocenters. The van der Waals surface area contributed by atoms with Crippen LogP contribution in [0.1, 0.15) is 20.3 Å². The molecule has 20 heavy (non-hydrogen) atoms. The summed E-state index contributed by atoms with van der Waals surface area (Å²) in [6, 6.07) is 2.69. The monoisotopic (exact) mass is 310 g/mol. The number of aromatic nitrogens is 2. The minimum absolute atomic E-state index is 0.317. The predicted octanol–water partition coefficient (Wildman–Crippen LogP) is 3.49. The Hall–Kier alpha value is -0.910. The third-order valence-corrected chi connectivity index (χ3v) is 4.88. The first-order chi connectivity index (χ1) is 9.63. The normalized spacial score (nSPS) is 20.1. The second-order valence-electron chi connectivity index (χ2n) is 5.60. The highest BCUT2D eigenvalue weighted by atomic mass is 35.5. The maximum Gasteiger partial charge on any atom is 0.225 e. The van der Waals surface area contributed by atoms with E-state index in [1.807, 2.05) is 11.4 Å². The quantitative estimate of drug-likeness (QED) is 0.878. The SMILES string of the molecule is CC(C)N1CCC(CNc2nc(Cl)nc3sccc23)C1. The highest BCUT2D eigenvalue weighted by molar-refractivity contribution is 7.16. The summed E-state index contributed by atoms with van der Waals surface area (Å²) in [7, 11) is 0. The molecule has 0 saturated carbocycles. The standard InChI is InChI=1S/C14H19ClN4S/c1-9(2)19-5-3-10(8-19)7-16-12-11-4-6-20-13(11)18-14(15)17-12/h4,6,9-10H,3,5,7-8H2,1-2H3,(H,16,17,18). The van der Waals surface area contributed by atoms with Gasteiger partial charge in [-0.15, -0.1) is 11.3 Å². The minimum atomic E-state index is 0.317. The van der Waals surface area contributed by atoms with Crippen LogP contribution in [-0.4, -0.2) is 40.5 Å². The Morgan fingerprint density at radius 2 is 2.35 bits per heavy atom. The van der Waals surface area contributed by atoms with Crippen LogP contribution < -0.4 is 5.32 Å². The van der Waals surface area contributed by atoms with Gasteiger partial charge in [-0.25, -0.2) is 9.97 Å². The molecular formula is C14H19ClN4S. The third-order valence-electron chi connectivity index (χ3n) is 3.90. The van der Waals surface area contributed by atoms with E-state index >= 15 is 0 Å². The van der Waals surface area contributed by atoms with Gasteiger partial charge in [0.05, 0.1) is 5.39 Å². The Bertz CT molecular complexity index is 598. The van der Waals surface area contributed by atoms with E-state index in [0.717, 1.165) is 29.1 Å². The summed E-state index contributed by atoms with van der Waals surface area (Å²) in [6.45, 7) is 7.82. The lowest BCUT2D eigenvalue weighted by Crippen LogP contribution is -2.29. The van der Waals surface area contributed by atoms with Crippen LogP contribution in [-0.2, 0) is 0 Å². The maximum atomic E-state index is 5.98. The molecule has 0 amide bonds. The number of likely N-dealkylation sites (tertiary alicyclic amines) is 1. The molecular weight excluding hydrogens is 292 g/mol. The van der Waals surface area contributed by atoms with Crippen LogP contribution in [0.15, 0.2) is 11.4 Å². The Labute approximate surface area is 128 Å². The molecule has 1 aliphatic rings. The van der Waals surface area contributed by atoms with E-state index in [2.05, 4.69) is 34.0 Å². The number of fused-ring (bicyclic) bond motifs is 1. The van der Waals surface area contributed by atoms with Gasteiger partial charge in [0, 0.05) is 19.1 Å². The van der Waals surface area contributed by atoms with Crippen LogP contribution >= 0.6 is 22.9 Å². The maximum absolute atomic E-state index is 5.98. The van der Waals surface area contributed by atoms with Crippen molar-refractivity contribution in [1.29, 1.82) is 0 Å². The molecule has 1 atom stereocenters. The molecule has 1 saturated heterocycles. The first-order valence-electron chi connectivity index (χ1n) is 7.02. The van der Waals surface area contributed by atoms with Crippen LogP contribution in [0.25, 0.3) is 10.2 Å². The first kappa shape index (κ1) is 14.0. The minimum Gasteiger partial charge on any atom is -0.369 e. The molecule has 1 N–H and O–H groups in total. The summed E-state index contributed by atoms with van der Waals surface area (Å²) >= 11 is 7.57. The van der Waals surface area contributed by atoms with Gasteiger partial charge in [0.15, 0.2) is 0 Å². The lowest BCUT2D eigenvalue weighted by Gasteiger charge is -2.20. The first-order valence-corrected chi connectivity index (χ1v) is 8.28. The zero-order valence-corrected chi connectivity index (χ0v) is 13.3. The van der Waals surface area contributed by atoms with Gasteiger partial charge in [-0.1, -0.05) is 0 Å². The Morgan fingerprint density at radius 3 is 3.10 bits per heavy atom. The van der Waals surface area contributed by atoms with Crippen molar-refractivity contribution < 1.29 is 0 Å². The molecule has 108 valence electrons. The van der Waals surface area contributed by atoms with Gasteiger partial charge in [0.25, 0.3) is 0 Å². The molecule has 1 aliphatic heterocycles. The second kappa shape index (κ2) is 5.84. The van der Waals surface area contributed by atoms with Gasteiger partial charge in [-0.05, 0) is 55.8 Å². The lowest BCUT2D eigenvalue weighted by atomic mass is 10.1. The third kappa shape index (κ3) is 2.90. The number of nitrogens with one attached hydrogen (secondary N) is 1. The van der Waals surface area contributed by atoms with Gasteiger partial charge in [0.1, 0.15) is 10.6 Å². The van der Waals surface area contributed by atoms with Crippen molar-refractivity contribution >= 4 is 39.0 Å². The Morgan fingerprint density at radius 1 is 1.50 bits per heavy atom. The lowest BCUT2D eigenvalue weighted by molar-refractivity contribution is 0.266. The largest absolute Gasteiger partial charge is 0.369 e. The van der Waals surface area contributed by atoms with Crippen LogP contribution in [0.4, 0.5) is 5.82 Å². The summed E-state index contributed by atoms with van der Waals surface area (Å²) in [4.78, 5) is 12.0. The van der Waals surface area contributed by atoms with Crippen molar-refractivity contribution in [2.75, 3.05) is 25.0 Å².